The summed E-state index contributed by atoms with van der Waals surface area (Å²) in [6, 6.07) is -0.938. The predicted octanol–water partition coefficient (Wildman–Crippen LogP) is 15.2. The van der Waals surface area contributed by atoms with Gasteiger partial charge in [-0.15, -0.1) is 0 Å². The number of hydrogen-bond donors (Lipinski definition) is 9. The molecule has 12 unspecified atom stereocenters. The van der Waals surface area contributed by atoms with Gasteiger partial charge >= 0.3 is 0 Å². The predicted molar refractivity (Wildman–Crippen MR) is 364 cm³/mol. The van der Waals surface area contributed by atoms with E-state index >= 15 is 0 Å². The molecule has 0 aromatic rings. The van der Waals surface area contributed by atoms with E-state index in [0.717, 1.165) is 70.6 Å². The van der Waals surface area contributed by atoms with Crippen LogP contribution in [-0.4, -0.2) is 140 Å². The van der Waals surface area contributed by atoms with Crippen molar-refractivity contribution in [3.05, 3.63) is 85.1 Å². The average molecular weight is 1260 g/mol. The van der Waals surface area contributed by atoms with E-state index < -0.39 is 86.8 Å². The summed E-state index contributed by atoms with van der Waals surface area (Å²) >= 11 is 0. The van der Waals surface area contributed by atoms with Crippen molar-refractivity contribution in [3.63, 3.8) is 0 Å². The molecule has 0 aliphatic carbocycles. The zero-order valence-corrected chi connectivity index (χ0v) is 56.2. The lowest BCUT2D eigenvalue weighted by atomic mass is 9.97. The van der Waals surface area contributed by atoms with Gasteiger partial charge in [0.05, 0.1) is 32.0 Å². The van der Waals surface area contributed by atoms with E-state index in [4.69, 9.17) is 18.9 Å². The first-order valence-corrected chi connectivity index (χ1v) is 36.3. The fraction of sp³-hybridized carbons (Fsp3) is 0.800. The highest BCUT2D eigenvalue weighted by Gasteiger charge is 2.51. The second kappa shape index (κ2) is 59.0. The molecule has 14 nitrogen and oxygen atoms in total. The third-order valence-corrected chi connectivity index (χ3v) is 17.3. The number of aliphatic hydroxyl groups is 8. The van der Waals surface area contributed by atoms with Crippen molar-refractivity contribution in [2.24, 2.45) is 0 Å². The molecule has 2 heterocycles. The Labute approximate surface area is 541 Å². The molecule has 9 N–H and O–H groups in total. The molecule has 14 heteroatoms. The number of carbonyl (C=O) groups excluding carboxylic acids is 1. The molecule has 0 saturated carbocycles. The van der Waals surface area contributed by atoms with Crippen LogP contribution in [0.5, 0.6) is 0 Å². The highest BCUT2D eigenvalue weighted by atomic mass is 16.7. The van der Waals surface area contributed by atoms with Crippen LogP contribution in [0.3, 0.4) is 0 Å². The van der Waals surface area contributed by atoms with Crippen LogP contribution in [0.25, 0.3) is 0 Å². The molecule has 0 radical (unpaired) electrons. The molecule has 0 spiro atoms. The van der Waals surface area contributed by atoms with Gasteiger partial charge in [-0.05, 0) is 77.0 Å². The summed E-state index contributed by atoms with van der Waals surface area (Å²) in [4.78, 5) is 13.3. The average Bonchev–Trinajstić information content (AvgIpc) is 2.51. The Hall–Kier alpha value is -2.83. The van der Waals surface area contributed by atoms with E-state index in [2.05, 4.69) is 92.1 Å². The minimum atomic E-state index is -1.79. The summed E-state index contributed by atoms with van der Waals surface area (Å²) in [6.45, 7) is 2.70. The summed E-state index contributed by atoms with van der Waals surface area (Å²) in [5.74, 6) is -0.250. The molecule has 2 saturated heterocycles. The number of ether oxygens (including phenoxy) is 4. The second-order valence-corrected chi connectivity index (χ2v) is 25.3. The van der Waals surface area contributed by atoms with Crippen molar-refractivity contribution in [1.82, 2.24) is 5.32 Å². The number of carbonyl (C=O) groups is 1. The maximum absolute atomic E-state index is 13.3. The number of aliphatic hydroxyl groups excluding tert-OH is 8. The van der Waals surface area contributed by atoms with Gasteiger partial charge in [-0.1, -0.05) is 292 Å². The Morgan fingerprint density at radius 2 is 0.787 bits per heavy atom. The smallest absolute Gasteiger partial charge is 0.220 e. The molecule has 2 aliphatic rings. The van der Waals surface area contributed by atoms with Gasteiger partial charge in [0.1, 0.15) is 48.8 Å². The van der Waals surface area contributed by atoms with Gasteiger partial charge in [0.2, 0.25) is 5.91 Å². The highest BCUT2D eigenvalue weighted by molar-refractivity contribution is 5.76. The quantitative estimate of drug-likeness (QED) is 0.0204. The fourth-order valence-corrected chi connectivity index (χ4v) is 11.6. The van der Waals surface area contributed by atoms with E-state index in [-0.39, 0.29) is 18.9 Å². The topological polar surface area (TPSA) is 228 Å². The lowest BCUT2D eigenvalue weighted by Gasteiger charge is -2.46. The molecular weight excluding hydrogens is 1120 g/mol. The van der Waals surface area contributed by atoms with Crippen LogP contribution in [0, 0.1) is 0 Å². The van der Waals surface area contributed by atoms with Gasteiger partial charge in [0.25, 0.3) is 0 Å². The lowest BCUT2D eigenvalue weighted by Crippen LogP contribution is -2.65. The van der Waals surface area contributed by atoms with Crippen LogP contribution in [0.15, 0.2) is 85.1 Å². The fourth-order valence-electron chi connectivity index (χ4n) is 11.6. The van der Waals surface area contributed by atoms with Crippen molar-refractivity contribution in [2.75, 3.05) is 19.8 Å². The van der Waals surface area contributed by atoms with Crippen molar-refractivity contribution >= 4 is 5.91 Å². The maximum Gasteiger partial charge on any atom is 0.220 e. The lowest BCUT2D eigenvalue weighted by molar-refractivity contribution is -0.359. The summed E-state index contributed by atoms with van der Waals surface area (Å²) in [5.41, 5.74) is 0. The van der Waals surface area contributed by atoms with E-state index in [1.54, 1.807) is 6.08 Å². The van der Waals surface area contributed by atoms with Gasteiger partial charge in [0.15, 0.2) is 12.6 Å². The normalized spacial score (nSPS) is 23.5. The molecule has 12 atom stereocenters. The van der Waals surface area contributed by atoms with E-state index in [1.165, 1.54) is 186 Å². The van der Waals surface area contributed by atoms with Gasteiger partial charge < -0.3 is 65.1 Å². The van der Waals surface area contributed by atoms with E-state index in [9.17, 15) is 45.6 Å². The molecule has 2 fully saturated rings. The van der Waals surface area contributed by atoms with Crippen molar-refractivity contribution < 1.29 is 64.6 Å². The van der Waals surface area contributed by atoms with E-state index in [1.807, 2.05) is 6.08 Å². The highest BCUT2D eigenvalue weighted by Crippen LogP contribution is 2.30. The third kappa shape index (κ3) is 42.9. The first-order chi connectivity index (χ1) is 43.6. The molecule has 2 rings (SSSR count). The summed E-state index contributed by atoms with van der Waals surface area (Å²) in [7, 11) is 0. The van der Waals surface area contributed by atoms with Crippen LogP contribution in [0.4, 0.5) is 0 Å². The molecule has 2 aliphatic heterocycles. The second-order valence-electron chi connectivity index (χ2n) is 25.3. The van der Waals surface area contributed by atoms with Crippen molar-refractivity contribution in [1.29, 1.82) is 0 Å². The van der Waals surface area contributed by atoms with E-state index in [0.29, 0.717) is 12.8 Å². The summed E-state index contributed by atoms with van der Waals surface area (Å²) < 4.78 is 22.9. The number of rotatable bonds is 59. The van der Waals surface area contributed by atoms with Crippen LogP contribution in [0.2, 0.25) is 0 Å². The number of unbranched alkanes of at least 4 members (excludes halogenated alkanes) is 34. The standard InChI is InChI=1S/C75H133NO13/c1-3-5-7-9-11-13-15-17-19-21-23-25-27-29-31-32-33-35-37-39-41-43-45-47-49-51-53-55-57-59-67(80)76-63(62-86-74-72(85)70(83)73(66(61-78)88-74)89-75-71(84)69(82)68(81)65(60-77)87-75)64(79)58-56-54-52-50-48-46-44-42-40-38-36-34-30-28-26-24-22-20-18-16-14-12-10-8-6-4-2/h5,7,11,13,17,19,23,25,29,31,48,50,56,58,63-66,68-75,77-79,81-85H,3-4,6,8-10,12,14-16,18,20-22,24,26-28,30,32-47,49,51-55,57,59-62H2,1-2H3,(H,76,80)/b7-5-,13-11-,19-17-,25-23-,31-29-,50-48+,58-56+. The van der Waals surface area contributed by atoms with Gasteiger partial charge in [-0.2, -0.15) is 0 Å². The first kappa shape index (κ1) is 82.3. The molecule has 0 bridgehead atoms. The minimum absolute atomic E-state index is 0.250. The van der Waals surface area contributed by atoms with Crippen LogP contribution in [0.1, 0.15) is 290 Å². The largest absolute Gasteiger partial charge is 0.394 e. The Morgan fingerprint density at radius 3 is 1.24 bits per heavy atom. The van der Waals surface area contributed by atoms with Crippen LogP contribution >= 0.6 is 0 Å². The Morgan fingerprint density at radius 1 is 0.416 bits per heavy atom. The van der Waals surface area contributed by atoms with Gasteiger partial charge in [-0.3, -0.25) is 4.79 Å². The Bertz CT molecular complexity index is 1820. The van der Waals surface area contributed by atoms with Crippen molar-refractivity contribution in [2.45, 2.75) is 364 Å². The molecule has 0 aromatic carbocycles. The Kier molecular flexibility index (Phi) is 54.5. The molecular formula is C75H133NO13. The van der Waals surface area contributed by atoms with Crippen molar-refractivity contribution in [3.8, 4) is 0 Å². The summed E-state index contributed by atoms with van der Waals surface area (Å²) in [5, 5.41) is 87.5. The number of nitrogens with one attached hydrogen (secondary N) is 1. The third-order valence-electron chi connectivity index (χ3n) is 17.3. The molecule has 1 amide bonds. The zero-order chi connectivity index (χ0) is 64.5. The van der Waals surface area contributed by atoms with Gasteiger partial charge in [0, 0.05) is 6.42 Å². The summed E-state index contributed by atoms with van der Waals surface area (Å²) in [6.07, 6.45) is 65.0. The maximum atomic E-state index is 13.3. The first-order valence-electron chi connectivity index (χ1n) is 36.3. The van der Waals surface area contributed by atoms with Crippen LogP contribution < -0.4 is 5.32 Å². The number of hydrogen-bond acceptors (Lipinski definition) is 13. The van der Waals surface area contributed by atoms with Gasteiger partial charge in [-0.25, -0.2) is 0 Å². The number of allylic oxidation sites excluding steroid dienone is 13. The SMILES string of the molecule is CC/C=C\C/C=C\C/C=C\C/C=C\C/C=C\CCCCCCCCCCCCCCCC(=O)NC(COC1OC(CO)C(OC2OC(CO)C(O)C(O)C2O)C(O)C1O)C(O)/C=C/CC/C=C/CCCCCCCCCCCCCCCCCCCCCC. The number of amides is 1. The molecule has 516 valence electrons. The molecule has 0 aromatic heterocycles. The zero-order valence-electron chi connectivity index (χ0n) is 56.2. The molecule has 89 heavy (non-hydrogen) atoms. The Balaban J connectivity index is 1.68. The monoisotopic (exact) mass is 1260 g/mol. The van der Waals surface area contributed by atoms with Crippen LogP contribution in [-0.2, 0) is 23.7 Å². The minimum Gasteiger partial charge on any atom is -0.394 e.